The van der Waals surface area contributed by atoms with Crippen molar-refractivity contribution in [2.24, 2.45) is 5.92 Å². The summed E-state index contributed by atoms with van der Waals surface area (Å²) in [5.41, 5.74) is 0.132. The quantitative estimate of drug-likeness (QED) is 0.834. The zero-order valence-corrected chi connectivity index (χ0v) is 11.8. The molecule has 19 heavy (non-hydrogen) atoms. The molecule has 2 saturated heterocycles. The Morgan fingerprint density at radius 2 is 1.95 bits per heavy atom. The first-order chi connectivity index (χ1) is 9.19. The first-order valence-electron chi connectivity index (χ1n) is 7.00. The molecule has 0 radical (unpaired) electrons. The average molecular weight is 280 g/mol. The lowest BCUT2D eigenvalue weighted by molar-refractivity contribution is -0.113. The van der Waals surface area contributed by atoms with Gasteiger partial charge in [0.05, 0.1) is 18.0 Å². The summed E-state index contributed by atoms with van der Waals surface area (Å²) in [6.45, 7) is 0. The molecule has 0 aromatic carbocycles. The summed E-state index contributed by atoms with van der Waals surface area (Å²) in [7, 11) is 1.87. The van der Waals surface area contributed by atoms with Crippen LogP contribution in [0.5, 0.6) is 0 Å². The molecule has 3 heterocycles. The molecule has 0 spiro atoms. The fourth-order valence-corrected chi connectivity index (χ4v) is 4.72. The summed E-state index contributed by atoms with van der Waals surface area (Å²) in [6, 6.07) is 1.11. The molecule has 1 aromatic rings. The summed E-state index contributed by atoms with van der Waals surface area (Å²) < 4.78 is 5.87. The second-order valence-corrected chi connectivity index (χ2v) is 6.64. The van der Waals surface area contributed by atoms with Crippen LogP contribution in [0.2, 0.25) is 5.15 Å². The van der Waals surface area contributed by atoms with E-state index in [4.69, 9.17) is 16.3 Å². The van der Waals surface area contributed by atoms with Crippen LogP contribution >= 0.6 is 11.6 Å². The van der Waals surface area contributed by atoms with Gasteiger partial charge in [0.2, 0.25) is 0 Å². The molecule has 5 rings (SSSR count). The van der Waals surface area contributed by atoms with Crippen LogP contribution < -0.4 is 4.90 Å². The Balaban J connectivity index is 1.67. The first kappa shape index (κ1) is 11.9. The minimum atomic E-state index is 0.132. The van der Waals surface area contributed by atoms with Gasteiger partial charge in [-0.3, -0.25) is 0 Å². The molecule has 2 aliphatic carbocycles. The van der Waals surface area contributed by atoms with Crippen molar-refractivity contribution in [1.29, 1.82) is 0 Å². The largest absolute Gasteiger partial charge is 0.378 e. The molecule has 0 amide bonds. The van der Waals surface area contributed by atoms with Gasteiger partial charge in [-0.1, -0.05) is 11.6 Å². The summed E-state index contributed by atoms with van der Waals surface area (Å²) >= 11 is 5.83. The highest BCUT2D eigenvalue weighted by Crippen LogP contribution is 2.53. The number of methoxy groups -OCH3 is 1. The van der Waals surface area contributed by atoms with Crippen molar-refractivity contribution in [2.45, 2.75) is 49.8 Å². The van der Waals surface area contributed by atoms with Crippen molar-refractivity contribution < 1.29 is 4.74 Å². The summed E-state index contributed by atoms with van der Waals surface area (Å²) in [4.78, 5) is 11.1. The van der Waals surface area contributed by atoms with Crippen molar-refractivity contribution >= 4 is 17.4 Å². The van der Waals surface area contributed by atoms with Gasteiger partial charge in [0.25, 0.3) is 0 Å². The topological polar surface area (TPSA) is 38.2 Å². The molecule has 2 atom stereocenters. The van der Waals surface area contributed by atoms with Gasteiger partial charge in [-0.05, 0) is 38.0 Å². The van der Waals surface area contributed by atoms with E-state index in [1.165, 1.54) is 19.3 Å². The molecule has 2 saturated carbocycles. The van der Waals surface area contributed by atoms with Gasteiger partial charge < -0.3 is 9.64 Å². The van der Waals surface area contributed by atoms with Gasteiger partial charge in [-0.2, -0.15) is 0 Å². The van der Waals surface area contributed by atoms with E-state index in [9.17, 15) is 0 Å². The van der Waals surface area contributed by atoms with Crippen molar-refractivity contribution in [3.8, 4) is 0 Å². The normalized spacial score (nSPS) is 39.9. The third-order valence-corrected chi connectivity index (χ3v) is 5.37. The Kier molecular flexibility index (Phi) is 2.55. The molecule has 2 unspecified atom stereocenters. The molecule has 4 nitrogen and oxygen atoms in total. The van der Waals surface area contributed by atoms with Gasteiger partial charge in [0, 0.05) is 19.2 Å². The Morgan fingerprint density at radius 3 is 2.53 bits per heavy atom. The lowest BCUT2D eigenvalue weighted by Gasteiger charge is -2.61. The first-order valence-corrected chi connectivity index (χ1v) is 7.38. The van der Waals surface area contributed by atoms with Crippen molar-refractivity contribution in [2.75, 3.05) is 12.0 Å². The predicted octanol–water partition coefficient (Wildman–Crippen LogP) is 2.67. The van der Waals surface area contributed by atoms with E-state index in [0.717, 1.165) is 24.6 Å². The number of halogens is 1. The number of hydrogen-bond acceptors (Lipinski definition) is 4. The number of piperidine rings is 2. The van der Waals surface area contributed by atoms with Crippen LogP contribution in [0.1, 0.15) is 32.1 Å². The Morgan fingerprint density at radius 1 is 1.21 bits per heavy atom. The van der Waals surface area contributed by atoms with Gasteiger partial charge in [0.15, 0.2) is 0 Å². The zero-order chi connectivity index (χ0) is 13.0. The fraction of sp³-hybridized carbons (Fsp3) is 0.714. The summed E-state index contributed by atoms with van der Waals surface area (Å²) in [5, 5.41) is 0.460. The minimum Gasteiger partial charge on any atom is -0.378 e. The van der Waals surface area contributed by atoms with Crippen LogP contribution in [0.3, 0.4) is 0 Å². The average Bonchev–Trinajstić information content (AvgIpc) is 2.40. The van der Waals surface area contributed by atoms with Gasteiger partial charge >= 0.3 is 0 Å². The molecule has 4 aliphatic rings. The number of aromatic nitrogens is 2. The van der Waals surface area contributed by atoms with E-state index in [0.29, 0.717) is 17.2 Å². The molecule has 0 N–H and O–H groups in total. The lowest BCUT2D eigenvalue weighted by atomic mass is 9.61. The Labute approximate surface area is 118 Å². The summed E-state index contributed by atoms with van der Waals surface area (Å²) in [5.74, 6) is 1.80. The fourth-order valence-electron chi connectivity index (χ4n) is 4.62. The van der Waals surface area contributed by atoms with Crippen LogP contribution in [-0.4, -0.2) is 34.8 Å². The van der Waals surface area contributed by atoms with Gasteiger partial charge in [-0.15, -0.1) is 0 Å². The SMILES string of the molecule is COC12CC3CC(C1)N(c1cnc(Cl)cn1)C(C3)C2. The predicted molar refractivity (Wildman–Crippen MR) is 73.4 cm³/mol. The van der Waals surface area contributed by atoms with Gasteiger partial charge in [-0.25, -0.2) is 9.97 Å². The molecule has 102 valence electrons. The van der Waals surface area contributed by atoms with Crippen LogP contribution in [-0.2, 0) is 4.74 Å². The second kappa shape index (κ2) is 4.06. The molecule has 5 heteroatoms. The number of ether oxygens (including phenoxy) is 1. The third-order valence-electron chi connectivity index (χ3n) is 5.18. The van der Waals surface area contributed by atoms with Crippen molar-refractivity contribution in [1.82, 2.24) is 9.97 Å². The summed E-state index contributed by atoms with van der Waals surface area (Å²) in [6.07, 6.45) is 9.49. The number of rotatable bonds is 2. The van der Waals surface area contributed by atoms with E-state index in [1.54, 1.807) is 6.20 Å². The van der Waals surface area contributed by atoms with E-state index in [1.807, 2.05) is 13.3 Å². The standard InChI is InChI=1S/C14H18ClN3O/c1-19-14-4-9-2-10(5-14)18(11(3-9)6-14)13-8-16-12(15)7-17-13/h7-11H,2-6H2,1H3. The Hall–Kier alpha value is -0.870. The monoisotopic (exact) mass is 279 g/mol. The van der Waals surface area contributed by atoms with E-state index >= 15 is 0 Å². The molecular formula is C14H18ClN3O. The minimum absolute atomic E-state index is 0.132. The maximum atomic E-state index is 5.87. The molecule has 4 fully saturated rings. The highest BCUT2D eigenvalue weighted by Gasteiger charge is 2.55. The number of anilines is 1. The van der Waals surface area contributed by atoms with Crippen LogP contribution in [0.15, 0.2) is 12.4 Å². The van der Waals surface area contributed by atoms with Crippen LogP contribution in [0.25, 0.3) is 0 Å². The van der Waals surface area contributed by atoms with Crippen LogP contribution in [0, 0.1) is 5.92 Å². The maximum Gasteiger partial charge on any atom is 0.147 e. The smallest absolute Gasteiger partial charge is 0.147 e. The molecule has 4 bridgehead atoms. The van der Waals surface area contributed by atoms with Crippen LogP contribution in [0.4, 0.5) is 5.82 Å². The van der Waals surface area contributed by atoms with E-state index in [-0.39, 0.29) is 5.60 Å². The zero-order valence-electron chi connectivity index (χ0n) is 11.1. The number of hydrogen-bond donors (Lipinski definition) is 0. The van der Waals surface area contributed by atoms with Gasteiger partial charge in [0.1, 0.15) is 11.0 Å². The Bertz CT molecular complexity index is 476. The third kappa shape index (κ3) is 1.77. The number of nitrogens with zero attached hydrogens (tertiary/aromatic N) is 3. The molecule has 2 aliphatic heterocycles. The highest BCUT2D eigenvalue weighted by atomic mass is 35.5. The van der Waals surface area contributed by atoms with Crippen molar-refractivity contribution in [3.63, 3.8) is 0 Å². The van der Waals surface area contributed by atoms with Crippen molar-refractivity contribution in [3.05, 3.63) is 17.5 Å². The maximum absolute atomic E-state index is 5.87. The van der Waals surface area contributed by atoms with E-state index < -0.39 is 0 Å². The highest BCUT2D eigenvalue weighted by molar-refractivity contribution is 6.29. The molecule has 1 aromatic heterocycles. The molecular weight excluding hydrogens is 262 g/mol. The second-order valence-electron chi connectivity index (χ2n) is 6.25. The lowest BCUT2D eigenvalue weighted by Crippen LogP contribution is -2.65. The van der Waals surface area contributed by atoms with E-state index in [2.05, 4.69) is 14.9 Å².